The van der Waals surface area contributed by atoms with Gasteiger partial charge in [0.05, 0.1) is 12.1 Å². The average Bonchev–Trinajstić information content (AvgIpc) is 3.08. The molecular formula is C17H24N2O2S. The quantitative estimate of drug-likeness (QED) is 0.849. The van der Waals surface area contributed by atoms with Crippen LogP contribution in [0.1, 0.15) is 49.5 Å². The molecule has 0 bridgehead atoms. The normalized spacial score (nSPS) is 23.0. The van der Waals surface area contributed by atoms with Crippen LogP contribution in [-0.4, -0.2) is 40.4 Å². The first-order chi connectivity index (χ1) is 10.6. The van der Waals surface area contributed by atoms with Crippen LogP contribution in [0.15, 0.2) is 24.3 Å². The maximum absolute atomic E-state index is 12.5. The van der Waals surface area contributed by atoms with Crippen LogP contribution in [-0.2, 0) is 0 Å². The van der Waals surface area contributed by atoms with Crippen LogP contribution in [0.3, 0.4) is 0 Å². The highest BCUT2D eigenvalue weighted by atomic mass is 32.2. The number of nitrogens with zero attached hydrogens (tertiary/aromatic N) is 1. The lowest BCUT2D eigenvalue weighted by molar-refractivity contribution is 0.0791. The Kier molecular flexibility index (Phi) is 5.51. The van der Waals surface area contributed by atoms with E-state index in [2.05, 4.69) is 19.2 Å². The van der Waals surface area contributed by atoms with Crippen LogP contribution in [0.5, 0.6) is 0 Å². The van der Waals surface area contributed by atoms with Crippen LogP contribution in [0.4, 0.5) is 4.79 Å². The molecule has 2 aliphatic rings. The summed E-state index contributed by atoms with van der Waals surface area (Å²) in [6.45, 7) is 8.23. The SMILES string of the molecule is CC.CC(C)c1ccc(C(=O)N2C(=O)N[C@@H]3CSC[C@@H]32)cc1. The first-order valence-electron chi connectivity index (χ1n) is 7.89. The molecule has 2 saturated heterocycles. The molecule has 0 radical (unpaired) electrons. The van der Waals surface area contributed by atoms with Gasteiger partial charge in [-0.15, -0.1) is 0 Å². The molecule has 1 aromatic rings. The Labute approximate surface area is 136 Å². The summed E-state index contributed by atoms with van der Waals surface area (Å²) in [7, 11) is 0. The maximum atomic E-state index is 12.5. The summed E-state index contributed by atoms with van der Waals surface area (Å²) in [5.74, 6) is 1.98. The van der Waals surface area contributed by atoms with E-state index in [0.717, 1.165) is 11.5 Å². The fourth-order valence-corrected chi connectivity index (χ4v) is 4.02. The highest BCUT2D eigenvalue weighted by Crippen LogP contribution is 2.29. The Morgan fingerprint density at radius 1 is 1.23 bits per heavy atom. The first-order valence-corrected chi connectivity index (χ1v) is 9.05. The molecule has 1 aromatic carbocycles. The predicted molar refractivity (Wildman–Crippen MR) is 91.5 cm³/mol. The number of urea groups is 1. The van der Waals surface area contributed by atoms with E-state index in [4.69, 9.17) is 0 Å². The Morgan fingerprint density at radius 3 is 2.45 bits per heavy atom. The number of hydrogen-bond donors (Lipinski definition) is 1. The smallest absolute Gasteiger partial charge is 0.325 e. The molecule has 0 aromatic heterocycles. The number of benzene rings is 1. The highest BCUT2D eigenvalue weighted by Gasteiger charge is 2.45. The Hall–Kier alpha value is -1.49. The Bertz CT molecular complexity index is 542. The summed E-state index contributed by atoms with van der Waals surface area (Å²) in [5.41, 5.74) is 1.78. The van der Waals surface area contributed by atoms with Gasteiger partial charge < -0.3 is 5.32 Å². The zero-order valence-electron chi connectivity index (χ0n) is 13.6. The lowest BCUT2D eigenvalue weighted by Gasteiger charge is -2.19. The molecule has 2 atom stereocenters. The van der Waals surface area contributed by atoms with E-state index in [9.17, 15) is 9.59 Å². The number of hydrogen-bond acceptors (Lipinski definition) is 3. The zero-order chi connectivity index (χ0) is 16.3. The van der Waals surface area contributed by atoms with Crippen molar-refractivity contribution in [3.05, 3.63) is 35.4 Å². The van der Waals surface area contributed by atoms with Crippen LogP contribution < -0.4 is 5.32 Å². The molecule has 120 valence electrons. The Morgan fingerprint density at radius 2 is 1.86 bits per heavy atom. The van der Waals surface area contributed by atoms with Crippen LogP contribution in [0.2, 0.25) is 0 Å². The van der Waals surface area contributed by atoms with Gasteiger partial charge in [0.2, 0.25) is 0 Å². The van der Waals surface area contributed by atoms with Crippen molar-refractivity contribution in [3.8, 4) is 0 Å². The summed E-state index contributed by atoms with van der Waals surface area (Å²) in [5, 5.41) is 2.89. The van der Waals surface area contributed by atoms with Crippen molar-refractivity contribution in [1.29, 1.82) is 0 Å². The highest BCUT2D eigenvalue weighted by molar-refractivity contribution is 7.99. The third-order valence-electron chi connectivity index (χ3n) is 3.95. The van der Waals surface area contributed by atoms with E-state index in [-0.39, 0.29) is 24.0 Å². The van der Waals surface area contributed by atoms with Crippen molar-refractivity contribution < 1.29 is 9.59 Å². The van der Waals surface area contributed by atoms with Gasteiger partial charge in [0.15, 0.2) is 0 Å². The van der Waals surface area contributed by atoms with E-state index in [0.29, 0.717) is 11.5 Å². The molecule has 1 N–H and O–H groups in total. The third-order valence-corrected chi connectivity index (χ3v) is 5.12. The summed E-state index contributed by atoms with van der Waals surface area (Å²) < 4.78 is 0. The number of nitrogens with one attached hydrogen (secondary N) is 1. The standard InChI is InChI=1S/C15H18N2O2S.C2H6/c1-9(2)10-3-5-11(6-4-10)14(18)17-13-8-20-7-12(13)16-15(17)19;1-2/h3-6,9,12-13H,7-8H2,1-2H3,(H,16,19);1-2H3/t12-,13+;/m1./s1. The molecule has 2 fully saturated rings. The number of thioether (sulfide) groups is 1. The third kappa shape index (κ3) is 3.14. The van der Waals surface area contributed by atoms with E-state index in [1.165, 1.54) is 10.5 Å². The van der Waals surface area contributed by atoms with Crippen molar-refractivity contribution in [3.63, 3.8) is 0 Å². The Balaban J connectivity index is 0.000000847. The van der Waals surface area contributed by atoms with Gasteiger partial charge >= 0.3 is 6.03 Å². The van der Waals surface area contributed by atoms with E-state index >= 15 is 0 Å². The zero-order valence-corrected chi connectivity index (χ0v) is 14.4. The maximum Gasteiger partial charge on any atom is 0.325 e. The van der Waals surface area contributed by atoms with E-state index in [1.54, 1.807) is 11.8 Å². The van der Waals surface area contributed by atoms with Crippen LogP contribution in [0, 0.1) is 0 Å². The fourth-order valence-electron chi connectivity index (χ4n) is 2.71. The second-order valence-electron chi connectivity index (χ2n) is 5.61. The molecule has 0 spiro atoms. The van der Waals surface area contributed by atoms with E-state index < -0.39 is 0 Å². The molecule has 3 amide bonds. The predicted octanol–water partition coefficient (Wildman–Crippen LogP) is 3.49. The monoisotopic (exact) mass is 320 g/mol. The lowest BCUT2D eigenvalue weighted by Crippen LogP contribution is -2.41. The van der Waals surface area contributed by atoms with Crippen molar-refractivity contribution in [2.24, 2.45) is 0 Å². The largest absolute Gasteiger partial charge is 0.332 e. The molecule has 4 nitrogen and oxygen atoms in total. The van der Waals surface area contributed by atoms with Crippen molar-refractivity contribution >= 4 is 23.7 Å². The number of carbonyl (C=O) groups excluding carboxylic acids is 2. The molecule has 5 heteroatoms. The summed E-state index contributed by atoms with van der Waals surface area (Å²) in [4.78, 5) is 25.9. The summed E-state index contributed by atoms with van der Waals surface area (Å²) in [6.07, 6.45) is 0. The molecule has 0 saturated carbocycles. The fraction of sp³-hybridized carbons (Fsp3) is 0.529. The van der Waals surface area contributed by atoms with Gasteiger partial charge in [-0.1, -0.05) is 39.8 Å². The molecule has 0 aliphatic carbocycles. The van der Waals surface area contributed by atoms with Gasteiger partial charge in [0, 0.05) is 17.1 Å². The molecule has 22 heavy (non-hydrogen) atoms. The number of imide groups is 1. The second kappa shape index (κ2) is 7.18. The van der Waals surface area contributed by atoms with Crippen molar-refractivity contribution in [2.45, 2.75) is 45.7 Å². The van der Waals surface area contributed by atoms with Gasteiger partial charge in [-0.2, -0.15) is 11.8 Å². The second-order valence-corrected chi connectivity index (χ2v) is 6.69. The van der Waals surface area contributed by atoms with Gasteiger partial charge in [-0.3, -0.25) is 9.69 Å². The van der Waals surface area contributed by atoms with Gasteiger partial charge in [0.1, 0.15) is 0 Å². The minimum absolute atomic E-state index is 0.00442. The molecule has 2 heterocycles. The summed E-state index contributed by atoms with van der Waals surface area (Å²) >= 11 is 1.78. The molecule has 2 aliphatic heterocycles. The van der Waals surface area contributed by atoms with Gasteiger partial charge in [-0.05, 0) is 23.6 Å². The minimum atomic E-state index is -0.252. The number of fused-ring (bicyclic) bond motifs is 1. The van der Waals surface area contributed by atoms with Crippen molar-refractivity contribution in [2.75, 3.05) is 11.5 Å². The van der Waals surface area contributed by atoms with Crippen molar-refractivity contribution in [1.82, 2.24) is 10.2 Å². The van der Waals surface area contributed by atoms with Crippen LogP contribution >= 0.6 is 11.8 Å². The van der Waals surface area contributed by atoms with Gasteiger partial charge in [0.25, 0.3) is 5.91 Å². The first kappa shape index (κ1) is 16.9. The van der Waals surface area contributed by atoms with Gasteiger partial charge in [-0.25, -0.2) is 4.79 Å². The molecule has 3 rings (SSSR count). The number of amides is 3. The molecular weight excluding hydrogens is 296 g/mol. The minimum Gasteiger partial charge on any atom is -0.332 e. The van der Waals surface area contributed by atoms with Crippen LogP contribution in [0.25, 0.3) is 0 Å². The van der Waals surface area contributed by atoms with E-state index in [1.807, 2.05) is 38.1 Å². The summed E-state index contributed by atoms with van der Waals surface area (Å²) in [6, 6.07) is 7.44. The lowest BCUT2D eigenvalue weighted by atomic mass is 10.0. The number of carbonyl (C=O) groups is 2. The molecule has 0 unspecified atom stereocenters. The average molecular weight is 320 g/mol. The number of rotatable bonds is 2. The topological polar surface area (TPSA) is 49.4 Å².